The van der Waals surface area contributed by atoms with Crippen LogP contribution in [0, 0.1) is 11.6 Å². The van der Waals surface area contributed by atoms with Crippen LogP contribution in [0.2, 0.25) is 5.02 Å². The van der Waals surface area contributed by atoms with Crippen LogP contribution in [0.15, 0.2) is 72.8 Å². The number of benzene rings is 3. The van der Waals surface area contributed by atoms with E-state index in [-0.39, 0.29) is 17.2 Å². The molecule has 3 nitrogen and oxygen atoms in total. The lowest BCUT2D eigenvalue weighted by Crippen LogP contribution is -2.42. The lowest BCUT2D eigenvalue weighted by Gasteiger charge is -2.17. The molecule has 3 aromatic rings. The molecular formula is C28H22ClF2NO2. The fourth-order valence-electron chi connectivity index (χ4n) is 3.92. The molecule has 0 saturated carbocycles. The van der Waals surface area contributed by atoms with Gasteiger partial charge in [0.1, 0.15) is 5.82 Å². The van der Waals surface area contributed by atoms with Crippen LogP contribution < -0.4 is 5.32 Å². The smallest absolute Gasteiger partial charge is 0.244 e. The number of carbonyl (C=O) groups is 2. The molecule has 0 heterocycles. The average Bonchev–Trinajstić information content (AvgIpc) is 3.30. The number of carbonyl (C=O) groups excluding carboxylic acids is 2. The van der Waals surface area contributed by atoms with Crippen LogP contribution in [-0.4, -0.2) is 17.7 Å². The molecule has 0 saturated heterocycles. The van der Waals surface area contributed by atoms with Crippen LogP contribution in [0.3, 0.4) is 0 Å². The zero-order valence-corrected chi connectivity index (χ0v) is 19.0. The molecule has 0 aromatic heterocycles. The van der Waals surface area contributed by atoms with Crippen LogP contribution in [-0.2, 0) is 28.9 Å². The van der Waals surface area contributed by atoms with Gasteiger partial charge in [-0.25, -0.2) is 8.78 Å². The quantitative estimate of drug-likeness (QED) is 0.332. The Bertz CT molecular complexity index is 1290. The summed E-state index contributed by atoms with van der Waals surface area (Å²) in [6.07, 6.45) is 7.44. The Balaban J connectivity index is 1.51. The molecule has 0 aliphatic heterocycles. The standard InChI is InChI=1S/C28H22ClF2NO2/c29-23-12-13-24(30)22(28(23)31)11-14-27(34)32-25(16-18-5-2-1-3-6-18)26(33)17-19-9-10-20-7-4-8-21(20)15-19/h1-7,9-15,25H,8,16-17H2,(H,32,34)/b14-11+/t25-/m0/s1. The third kappa shape index (κ3) is 5.67. The van der Waals surface area contributed by atoms with Crippen molar-refractivity contribution in [1.29, 1.82) is 0 Å². The van der Waals surface area contributed by atoms with Gasteiger partial charge in [0.2, 0.25) is 5.91 Å². The number of fused-ring (bicyclic) bond motifs is 1. The summed E-state index contributed by atoms with van der Waals surface area (Å²) in [7, 11) is 0. The summed E-state index contributed by atoms with van der Waals surface area (Å²) in [5, 5.41) is 2.45. The van der Waals surface area contributed by atoms with Crippen molar-refractivity contribution in [2.24, 2.45) is 0 Å². The second-order valence-electron chi connectivity index (χ2n) is 8.12. The number of nitrogens with one attached hydrogen (secondary N) is 1. The first-order valence-electron chi connectivity index (χ1n) is 10.9. The highest BCUT2D eigenvalue weighted by Gasteiger charge is 2.21. The van der Waals surface area contributed by atoms with Gasteiger partial charge in [0.05, 0.1) is 11.1 Å². The molecule has 0 radical (unpaired) electrons. The zero-order chi connectivity index (χ0) is 24.1. The second-order valence-corrected chi connectivity index (χ2v) is 8.53. The molecule has 1 amide bonds. The lowest BCUT2D eigenvalue weighted by atomic mass is 9.96. The predicted octanol–water partition coefficient (Wildman–Crippen LogP) is 5.74. The van der Waals surface area contributed by atoms with Gasteiger partial charge >= 0.3 is 0 Å². The lowest BCUT2D eigenvalue weighted by molar-refractivity contribution is -0.125. The number of rotatable bonds is 8. The first-order valence-corrected chi connectivity index (χ1v) is 11.3. The number of hydrogen-bond acceptors (Lipinski definition) is 2. The maximum Gasteiger partial charge on any atom is 0.244 e. The summed E-state index contributed by atoms with van der Waals surface area (Å²) in [5.41, 5.74) is 3.66. The molecule has 0 bridgehead atoms. The number of halogens is 3. The van der Waals surface area contributed by atoms with Gasteiger partial charge in [-0.15, -0.1) is 0 Å². The summed E-state index contributed by atoms with van der Waals surface area (Å²) >= 11 is 5.70. The van der Waals surface area contributed by atoms with Gasteiger partial charge in [-0.2, -0.15) is 0 Å². The fourth-order valence-corrected chi connectivity index (χ4v) is 4.08. The Labute approximate surface area is 201 Å². The van der Waals surface area contributed by atoms with Crippen molar-refractivity contribution in [3.8, 4) is 0 Å². The molecule has 1 aliphatic carbocycles. The molecular weight excluding hydrogens is 456 g/mol. The third-order valence-corrected chi connectivity index (χ3v) is 5.98. The van der Waals surface area contributed by atoms with Crippen molar-refractivity contribution < 1.29 is 18.4 Å². The minimum absolute atomic E-state index is 0.156. The maximum absolute atomic E-state index is 14.1. The molecule has 0 fully saturated rings. The van der Waals surface area contributed by atoms with Crippen LogP contribution in [0.5, 0.6) is 0 Å². The molecule has 0 unspecified atom stereocenters. The molecule has 172 valence electrons. The molecule has 1 aliphatic rings. The van der Waals surface area contributed by atoms with E-state index in [4.69, 9.17) is 11.6 Å². The van der Waals surface area contributed by atoms with Crippen molar-refractivity contribution in [1.82, 2.24) is 5.32 Å². The Morgan fingerprint density at radius 3 is 2.62 bits per heavy atom. The second kappa shape index (κ2) is 10.6. The highest BCUT2D eigenvalue weighted by molar-refractivity contribution is 6.30. The van der Waals surface area contributed by atoms with Crippen molar-refractivity contribution in [3.05, 3.63) is 117 Å². The van der Waals surface area contributed by atoms with E-state index in [1.807, 2.05) is 48.5 Å². The van der Waals surface area contributed by atoms with Crippen LogP contribution in [0.25, 0.3) is 12.2 Å². The minimum atomic E-state index is -0.950. The highest BCUT2D eigenvalue weighted by Crippen LogP contribution is 2.23. The number of hydrogen-bond donors (Lipinski definition) is 1. The molecule has 1 atom stereocenters. The SMILES string of the molecule is O=C(/C=C/c1c(F)ccc(Cl)c1F)N[C@@H](Cc1ccccc1)C(=O)Cc1ccc2c(c1)CC=C2. The predicted molar refractivity (Wildman–Crippen MR) is 130 cm³/mol. The summed E-state index contributed by atoms with van der Waals surface area (Å²) in [4.78, 5) is 25.8. The first kappa shape index (κ1) is 23.6. The summed E-state index contributed by atoms with van der Waals surface area (Å²) < 4.78 is 28.1. The van der Waals surface area contributed by atoms with E-state index >= 15 is 0 Å². The summed E-state index contributed by atoms with van der Waals surface area (Å²) in [6, 6.07) is 16.6. The van der Waals surface area contributed by atoms with Gasteiger partial charge in [-0.05, 0) is 53.3 Å². The maximum atomic E-state index is 14.1. The number of Topliss-reactive ketones (excluding diaryl/α,β-unsaturated/α-hetero) is 1. The Morgan fingerprint density at radius 1 is 1.03 bits per heavy atom. The van der Waals surface area contributed by atoms with Gasteiger partial charge in [-0.1, -0.05) is 72.3 Å². The zero-order valence-electron chi connectivity index (χ0n) is 18.2. The molecule has 3 aromatic carbocycles. The number of allylic oxidation sites excluding steroid dienone is 1. The normalized spacial score (nSPS) is 13.1. The van der Waals surface area contributed by atoms with Crippen molar-refractivity contribution in [2.45, 2.75) is 25.3 Å². The van der Waals surface area contributed by atoms with Gasteiger partial charge in [0, 0.05) is 18.1 Å². The van der Waals surface area contributed by atoms with Gasteiger partial charge in [0.25, 0.3) is 0 Å². The third-order valence-electron chi connectivity index (χ3n) is 5.69. The van der Waals surface area contributed by atoms with Crippen molar-refractivity contribution in [2.75, 3.05) is 0 Å². The van der Waals surface area contributed by atoms with E-state index in [2.05, 4.69) is 17.5 Å². The molecule has 1 N–H and O–H groups in total. The van der Waals surface area contributed by atoms with Crippen LogP contribution in [0.4, 0.5) is 8.78 Å². The van der Waals surface area contributed by atoms with Crippen molar-refractivity contribution in [3.63, 3.8) is 0 Å². The molecule has 0 spiro atoms. The molecule has 6 heteroatoms. The van der Waals surface area contributed by atoms with Gasteiger partial charge in [-0.3, -0.25) is 9.59 Å². The minimum Gasteiger partial charge on any atom is -0.342 e. The van der Waals surface area contributed by atoms with E-state index in [1.54, 1.807) is 0 Å². The summed E-state index contributed by atoms with van der Waals surface area (Å²) in [6.45, 7) is 0. The Morgan fingerprint density at radius 2 is 1.82 bits per heavy atom. The van der Waals surface area contributed by atoms with E-state index < -0.39 is 29.1 Å². The van der Waals surface area contributed by atoms with E-state index in [0.717, 1.165) is 47.4 Å². The Hall–Kier alpha value is -3.57. The first-order chi connectivity index (χ1) is 16.4. The average molecular weight is 478 g/mol. The Kier molecular flexibility index (Phi) is 7.33. The van der Waals surface area contributed by atoms with E-state index in [1.165, 1.54) is 5.56 Å². The van der Waals surface area contributed by atoms with E-state index in [9.17, 15) is 18.4 Å². The van der Waals surface area contributed by atoms with Crippen LogP contribution >= 0.6 is 11.6 Å². The largest absolute Gasteiger partial charge is 0.342 e. The summed E-state index contributed by atoms with van der Waals surface area (Å²) in [5.74, 6) is -2.58. The van der Waals surface area contributed by atoms with Gasteiger partial charge < -0.3 is 5.32 Å². The van der Waals surface area contributed by atoms with E-state index in [0.29, 0.717) is 6.42 Å². The molecule has 34 heavy (non-hydrogen) atoms. The highest BCUT2D eigenvalue weighted by atomic mass is 35.5. The monoisotopic (exact) mass is 477 g/mol. The number of amides is 1. The van der Waals surface area contributed by atoms with Gasteiger partial charge in [0.15, 0.2) is 11.6 Å². The van der Waals surface area contributed by atoms with Crippen molar-refractivity contribution >= 4 is 35.4 Å². The number of ketones is 1. The van der Waals surface area contributed by atoms with Crippen LogP contribution in [0.1, 0.15) is 27.8 Å². The molecule has 4 rings (SSSR count). The fraction of sp³-hybridized carbons (Fsp3) is 0.143. The topological polar surface area (TPSA) is 46.2 Å².